The quantitative estimate of drug-likeness (QED) is 0.151. The maximum Gasteiger partial charge on any atom is 0.332 e. The van der Waals surface area contributed by atoms with Gasteiger partial charge in [0.25, 0.3) is 0 Å². The van der Waals surface area contributed by atoms with E-state index in [2.05, 4.69) is 34.6 Å². The molecule has 10 heteroatoms. The van der Waals surface area contributed by atoms with Crippen molar-refractivity contribution in [2.24, 2.45) is 45.8 Å². The van der Waals surface area contributed by atoms with Crippen LogP contribution < -0.4 is 0 Å². The summed E-state index contributed by atoms with van der Waals surface area (Å²) in [4.78, 5) is 38.5. The predicted molar refractivity (Wildman–Crippen MR) is 171 cm³/mol. The molecular weight excluding hydrogens is 592 g/mol. The number of aliphatic hydroxyl groups excluding tert-OH is 2. The number of esters is 2. The van der Waals surface area contributed by atoms with Crippen molar-refractivity contribution >= 4 is 17.9 Å². The van der Waals surface area contributed by atoms with Crippen molar-refractivity contribution in [2.45, 2.75) is 124 Å². The molecule has 0 aromatic rings. The van der Waals surface area contributed by atoms with Crippen LogP contribution in [0.25, 0.3) is 0 Å². The van der Waals surface area contributed by atoms with Crippen molar-refractivity contribution in [3.05, 3.63) is 11.1 Å². The van der Waals surface area contributed by atoms with E-state index < -0.39 is 53.2 Å². The van der Waals surface area contributed by atoms with Crippen LogP contribution in [0.1, 0.15) is 99.8 Å². The summed E-state index contributed by atoms with van der Waals surface area (Å²) in [5.74, 6) is -2.36. The van der Waals surface area contributed by atoms with Gasteiger partial charge in [-0.15, -0.1) is 0 Å². The van der Waals surface area contributed by atoms with Gasteiger partial charge in [-0.3, -0.25) is 4.79 Å². The van der Waals surface area contributed by atoms with Crippen molar-refractivity contribution in [3.8, 4) is 0 Å². The average molecular weight is 651 g/mol. The Labute approximate surface area is 274 Å². The summed E-state index contributed by atoms with van der Waals surface area (Å²) < 4.78 is 22.6. The average Bonchev–Trinajstić information content (AvgIpc) is 3.25. The molecule has 0 aromatic carbocycles. The molecular formula is C36H58O10. The van der Waals surface area contributed by atoms with Gasteiger partial charge < -0.3 is 34.3 Å². The third-order valence-electron chi connectivity index (χ3n) is 12.8. The van der Waals surface area contributed by atoms with Gasteiger partial charge in [-0.25, -0.2) is 9.59 Å². The number of hydrogen-bond donors (Lipinski definition) is 3. The van der Waals surface area contributed by atoms with Crippen molar-refractivity contribution in [1.29, 1.82) is 0 Å². The Bertz CT molecular complexity index is 1170. The van der Waals surface area contributed by atoms with Gasteiger partial charge >= 0.3 is 17.9 Å². The number of aliphatic hydroxyl groups is 2. The van der Waals surface area contributed by atoms with Crippen molar-refractivity contribution in [2.75, 3.05) is 26.9 Å². The summed E-state index contributed by atoms with van der Waals surface area (Å²) in [6.45, 7) is 14.2. The van der Waals surface area contributed by atoms with E-state index in [0.717, 1.165) is 12.8 Å². The first-order chi connectivity index (χ1) is 21.5. The zero-order valence-electron chi connectivity index (χ0n) is 29.2. The Hall–Kier alpha value is -2.01. The lowest BCUT2D eigenvalue weighted by Crippen LogP contribution is -2.72. The lowest BCUT2D eigenvalue weighted by atomic mass is 9.35. The van der Waals surface area contributed by atoms with Gasteiger partial charge in [0, 0.05) is 30.9 Å². The standard InChI is InChI=1S/C36H58O10/c1-20(2)10-9-11-23(33(41)42)29-24-12-13-27-34(5)15-14-25(38)21(3)30(34)31(46-28(39)19-44-17-16-43-8)32(40)36(27,7)35(24,6)18-26(29)45-22(4)37/h20-21,24-27,30-32,38,40H,9-19H2,1-8H3,(H,41,42)/b29-23-. The molecule has 4 aliphatic rings. The molecule has 4 aliphatic carbocycles. The normalized spacial score (nSPS) is 41.3. The van der Waals surface area contributed by atoms with E-state index in [1.165, 1.54) is 6.92 Å². The topological polar surface area (TPSA) is 149 Å². The SMILES string of the molecule is COCCOCC(=O)OC1C2C(C)C(O)CCC2(C)C2CCC3/C(=C(\CCCC(C)C)C(=O)O)C(OC(C)=O)CC3(C)C2(C)C1O. The monoisotopic (exact) mass is 650 g/mol. The number of methoxy groups -OCH3 is 1. The van der Waals surface area contributed by atoms with Crippen molar-refractivity contribution in [3.63, 3.8) is 0 Å². The minimum atomic E-state index is -1.11. The van der Waals surface area contributed by atoms with Gasteiger partial charge in [0.2, 0.25) is 0 Å². The maximum absolute atomic E-state index is 13.2. The van der Waals surface area contributed by atoms with Crippen molar-refractivity contribution < 1.29 is 48.7 Å². The van der Waals surface area contributed by atoms with E-state index in [9.17, 15) is 29.7 Å². The molecule has 262 valence electrons. The fourth-order valence-electron chi connectivity index (χ4n) is 10.6. The van der Waals surface area contributed by atoms with E-state index in [1.54, 1.807) is 7.11 Å². The number of fused-ring (bicyclic) bond motifs is 5. The number of carbonyl (C=O) groups excluding carboxylic acids is 2. The molecule has 0 radical (unpaired) electrons. The first-order valence-corrected chi connectivity index (χ1v) is 17.3. The molecule has 46 heavy (non-hydrogen) atoms. The summed E-state index contributed by atoms with van der Waals surface area (Å²) in [7, 11) is 1.55. The van der Waals surface area contributed by atoms with Gasteiger partial charge in [-0.05, 0) is 85.0 Å². The molecule has 3 N–H and O–H groups in total. The van der Waals surface area contributed by atoms with E-state index in [-0.39, 0.29) is 42.3 Å². The Morgan fingerprint density at radius 2 is 1.72 bits per heavy atom. The van der Waals surface area contributed by atoms with Crippen LogP contribution in [0, 0.1) is 45.8 Å². The fourth-order valence-corrected chi connectivity index (χ4v) is 10.6. The van der Waals surface area contributed by atoms with E-state index >= 15 is 0 Å². The maximum atomic E-state index is 13.2. The summed E-state index contributed by atoms with van der Waals surface area (Å²) >= 11 is 0. The molecule has 11 atom stereocenters. The van der Waals surface area contributed by atoms with E-state index in [1.807, 2.05) is 6.92 Å². The molecule has 0 spiro atoms. The lowest BCUT2D eigenvalue weighted by Gasteiger charge is -2.70. The highest BCUT2D eigenvalue weighted by Crippen LogP contribution is 2.74. The third-order valence-corrected chi connectivity index (χ3v) is 12.8. The smallest absolute Gasteiger partial charge is 0.332 e. The van der Waals surface area contributed by atoms with Crippen LogP contribution in [0.2, 0.25) is 0 Å². The van der Waals surface area contributed by atoms with Crippen LogP contribution in [0.3, 0.4) is 0 Å². The summed E-state index contributed by atoms with van der Waals surface area (Å²) in [5, 5.41) is 34.1. The molecule has 0 aromatic heterocycles. The predicted octanol–water partition coefficient (Wildman–Crippen LogP) is 4.93. The van der Waals surface area contributed by atoms with Gasteiger partial charge in [-0.1, -0.05) is 48.0 Å². The molecule has 11 unspecified atom stereocenters. The summed E-state index contributed by atoms with van der Waals surface area (Å²) in [6.07, 6.45) is 1.80. The highest BCUT2D eigenvalue weighted by molar-refractivity contribution is 5.88. The van der Waals surface area contributed by atoms with Gasteiger partial charge in [0.1, 0.15) is 18.8 Å². The van der Waals surface area contributed by atoms with Gasteiger partial charge in [0.15, 0.2) is 0 Å². The highest BCUT2D eigenvalue weighted by atomic mass is 16.6. The molecule has 0 saturated heterocycles. The first-order valence-electron chi connectivity index (χ1n) is 17.3. The number of ether oxygens (including phenoxy) is 4. The summed E-state index contributed by atoms with van der Waals surface area (Å²) in [6, 6.07) is 0. The lowest BCUT2D eigenvalue weighted by molar-refractivity contribution is -0.289. The highest BCUT2D eigenvalue weighted by Gasteiger charge is 2.74. The number of rotatable bonds is 12. The number of carbonyl (C=O) groups is 3. The van der Waals surface area contributed by atoms with E-state index in [0.29, 0.717) is 62.2 Å². The van der Waals surface area contributed by atoms with Crippen LogP contribution in [-0.4, -0.2) is 84.6 Å². The fraction of sp³-hybridized carbons (Fsp3) is 0.861. The zero-order chi connectivity index (χ0) is 34.2. The van der Waals surface area contributed by atoms with Crippen LogP contribution in [-0.2, 0) is 33.3 Å². The molecule has 10 nitrogen and oxygen atoms in total. The third kappa shape index (κ3) is 6.40. The van der Waals surface area contributed by atoms with Gasteiger partial charge in [-0.2, -0.15) is 0 Å². The molecule has 0 aliphatic heterocycles. The second-order valence-electron chi connectivity index (χ2n) is 15.7. The molecule has 4 saturated carbocycles. The van der Waals surface area contributed by atoms with Crippen LogP contribution in [0.5, 0.6) is 0 Å². The Balaban J connectivity index is 1.81. The van der Waals surface area contributed by atoms with Crippen LogP contribution >= 0.6 is 0 Å². The van der Waals surface area contributed by atoms with E-state index in [4.69, 9.17) is 18.9 Å². The number of carboxylic acids is 1. The minimum Gasteiger partial charge on any atom is -0.478 e. The first kappa shape index (κ1) is 36.8. The van der Waals surface area contributed by atoms with Crippen LogP contribution in [0.15, 0.2) is 11.1 Å². The number of aliphatic carboxylic acids is 1. The van der Waals surface area contributed by atoms with Crippen molar-refractivity contribution in [1.82, 2.24) is 0 Å². The largest absolute Gasteiger partial charge is 0.478 e. The van der Waals surface area contributed by atoms with Crippen LogP contribution in [0.4, 0.5) is 0 Å². The molecule has 0 amide bonds. The second-order valence-corrected chi connectivity index (χ2v) is 15.7. The minimum absolute atomic E-state index is 0.00403. The molecule has 4 rings (SSSR count). The summed E-state index contributed by atoms with van der Waals surface area (Å²) in [5.41, 5.74) is -0.870. The number of hydrogen-bond acceptors (Lipinski definition) is 9. The molecule has 0 heterocycles. The van der Waals surface area contributed by atoms with Gasteiger partial charge in [0.05, 0.1) is 25.4 Å². The Morgan fingerprint density at radius 3 is 2.33 bits per heavy atom. The zero-order valence-corrected chi connectivity index (χ0v) is 29.2. The molecule has 0 bridgehead atoms. The Morgan fingerprint density at radius 1 is 1.02 bits per heavy atom. The second kappa shape index (κ2) is 14.2. The number of carboxylic acid groups (broad SMARTS) is 1. The molecule has 4 fully saturated rings. The Kier molecular flexibility index (Phi) is 11.4.